The second kappa shape index (κ2) is 6.96. The maximum absolute atomic E-state index is 12.5. The van der Waals surface area contributed by atoms with Gasteiger partial charge in [0.05, 0.1) is 5.69 Å². The lowest BCUT2D eigenvalue weighted by Crippen LogP contribution is -2.42. The van der Waals surface area contributed by atoms with Crippen LogP contribution in [0.1, 0.15) is 49.5 Å². The van der Waals surface area contributed by atoms with E-state index in [0.717, 1.165) is 18.5 Å². The molecule has 0 fully saturated rings. The van der Waals surface area contributed by atoms with Crippen LogP contribution in [0.15, 0.2) is 0 Å². The Labute approximate surface area is 119 Å². The fraction of sp³-hybridized carbons (Fsp3) is 0.769. The fourth-order valence-electron chi connectivity index (χ4n) is 1.82. The minimum Gasteiger partial charge on any atom is -0.338 e. The Hall–Kier alpha value is -1.01. The number of aromatic nitrogens is 2. The van der Waals surface area contributed by atoms with Gasteiger partial charge >= 0.3 is 0 Å². The van der Waals surface area contributed by atoms with Crippen molar-refractivity contribution in [1.29, 1.82) is 0 Å². The Morgan fingerprint density at radius 2 is 2.11 bits per heavy atom. The quantitative estimate of drug-likeness (QED) is 0.830. The van der Waals surface area contributed by atoms with Crippen molar-refractivity contribution in [3.8, 4) is 0 Å². The van der Waals surface area contributed by atoms with Crippen LogP contribution in [0.5, 0.6) is 0 Å². The molecule has 0 spiro atoms. The van der Waals surface area contributed by atoms with Crippen molar-refractivity contribution in [3.63, 3.8) is 0 Å². The summed E-state index contributed by atoms with van der Waals surface area (Å²) in [6.45, 7) is 10.1. The average molecular weight is 284 g/mol. The molecule has 6 heteroatoms. The van der Waals surface area contributed by atoms with Gasteiger partial charge in [-0.1, -0.05) is 31.7 Å². The van der Waals surface area contributed by atoms with Gasteiger partial charge in [0.2, 0.25) is 0 Å². The first-order chi connectivity index (χ1) is 8.95. The van der Waals surface area contributed by atoms with E-state index in [9.17, 15) is 4.79 Å². The molecule has 1 amide bonds. The summed E-state index contributed by atoms with van der Waals surface area (Å²) in [6.07, 6.45) is 1.77. The van der Waals surface area contributed by atoms with E-state index >= 15 is 0 Å². The van der Waals surface area contributed by atoms with Gasteiger partial charge in [-0.15, -0.1) is 5.10 Å². The Morgan fingerprint density at radius 1 is 1.42 bits per heavy atom. The zero-order chi connectivity index (χ0) is 14.5. The summed E-state index contributed by atoms with van der Waals surface area (Å²) >= 11 is 1.19. The monoisotopic (exact) mass is 284 g/mol. The Bertz CT molecular complexity index is 417. The number of carbonyl (C=O) groups is 1. The normalized spacial score (nSPS) is 11.6. The standard InChI is InChI=1S/C13H24N4OS/c1-5-7-10-11(19-16-15-10)12(18)17(6-2)9-13(3,4)8-14/h5-9,14H2,1-4H3. The van der Waals surface area contributed by atoms with Crippen molar-refractivity contribution in [2.45, 2.75) is 40.5 Å². The maximum Gasteiger partial charge on any atom is 0.267 e. The van der Waals surface area contributed by atoms with Crippen molar-refractivity contribution in [2.75, 3.05) is 19.6 Å². The summed E-state index contributed by atoms with van der Waals surface area (Å²) in [4.78, 5) is 15.1. The highest BCUT2D eigenvalue weighted by molar-refractivity contribution is 7.08. The molecule has 0 aliphatic carbocycles. The van der Waals surface area contributed by atoms with Crippen LogP contribution in [0.3, 0.4) is 0 Å². The molecular weight excluding hydrogens is 260 g/mol. The van der Waals surface area contributed by atoms with Crippen molar-refractivity contribution in [2.24, 2.45) is 11.1 Å². The summed E-state index contributed by atoms with van der Waals surface area (Å²) in [5.74, 6) is 0.0301. The summed E-state index contributed by atoms with van der Waals surface area (Å²) in [5.41, 5.74) is 6.49. The smallest absolute Gasteiger partial charge is 0.267 e. The van der Waals surface area contributed by atoms with E-state index < -0.39 is 0 Å². The van der Waals surface area contributed by atoms with E-state index in [1.54, 1.807) is 0 Å². The van der Waals surface area contributed by atoms with Gasteiger partial charge in [0.25, 0.3) is 5.91 Å². The SMILES string of the molecule is CCCc1nnsc1C(=O)N(CC)CC(C)(C)CN. The molecule has 0 aliphatic heterocycles. The topological polar surface area (TPSA) is 72.1 Å². The molecule has 1 rings (SSSR count). The number of amides is 1. The van der Waals surface area contributed by atoms with E-state index in [4.69, 9.17) is 5.73 Å². The second-order valence-corrected chi connectivity index (χ2v) is 6.24. The molecule has 0 unspecified atom stereocenters. The molecule has 0 aliphatic rings. The van der Waals surface area contributed by atoms with E-state index in [-0.39, 0.29) is 11.3 Å². The molecule has 0 bridgehead atoms. The third kappa shape index (κ3) is 4.24. The Balaban J connectivity index is 2.86. The first kappa shape index (κ1) is 16.0. The largest absolute Gasteiger partial charge is 0.338 e. The molecule has 0 saturated carbocycles. The number of nitrogens with zero attached hydrogens (tertiary/aromatic N) is 3. The number of carbonyl (C=O) groups excluding carboxylic acids is 1. The zero-order valence-corrected chi connectivity index (χ0v) is 13.1. The highest BCUT2D eigenvalue weighted by atomic mass is 32.1. The molecule has 1 heterocycles. The van der Waals surface area contributed by atoms with Crippen LogP contribution in [0.25, 0.3) is 0 Å². The molecule has 19 heavy (non-hydrogen) atoms. The summed E-state index contributed by atoms with van der Waals surface area (Å²) in [7, 11) is 0. The molecule has 0 saturated heterocycles. The summed E-state index contributed by atoms with van der Waals surface area (Å²) in [5, 5.41) is 4.06. The van der Waals surface area contributed by atoms with Crippen molar-refractivity contribution in [1.82, 2.24) is 14.5 Å². The predicted molar refractivity (Wildman–Crippen MR) is 78.3 cm³/mol. The zero-order valence-electron chi connectivity index (χ0n) is 12.3. The van der Waals surface area contributed by atoms with Crippen LogP contribution in [0.4, 0.5) is 0 Å². The van der Waals surface area contributed by atoms with Gasteiger partial charge in [0.15, 0.2) is 0 Å². The number of nitrogens with two attached hydrogens (primary N) is 1. The molecule has 0 radical (unpaired) electrons. The van der Waals surface area contributed by atoms with Crippen molar-refractivity contribution >= 4 is 17.4 Å². The minimum absolute atomic E-state index is 0.0301. The lowest BCUT2D eigenvalue weighted by atomic mass is 9.93. The molecule has 108 valence electrons. The third-order valence-corrected chi connectivity index (χ3v) is 3.83. The number of hydrogen-bond acceptors (Lipinski definition) is 5. The minimum atomic E-state index is -0.0747. The second-order valence-electron chi connectivity index (χ2n) is 5.49. The number of hydrogen-bond donors (Lipinski definition) is 1. The van der Waals surface area contributed by atoms with Gasteiger partial charge < -0.3 is 10.6 Å². The Morgan fingerprint density at radius 3 is 2.63 bits per heavy atom. The molecule has 2 N–H and O–H groups in total. The number of rotatable bonds is 7. The highest BCUT2D eigenvalue weighted by Crippen LogP contribution is 2.20. The fourth-order valence-corrected chi connectivity index (χ4v) is 2.50. The van der Waals surface area contributed by atoms with Crippen molar-refractivity contribution < 1.29 is 4.79 Å². The molecule has 1 aromatic rings. The van der Waals surface area contributed by atoms with Gasteiger partial charge in [-0.25, -0.2) is 0 Å². The molecule has 5 nitrogen and oxygen atoms in total. The third-order valence-electron chi connectivity index (χ3n) is 3.08. The average Bonchev–Trinajstić information content (AvgIpc) is 2.84. The summed E-state index contributed by atoms with van der Waals surface area (Å²) < 4.78 is 3.91. The van der Waals surface area contributed by atoms with Gasteiger partial charge in [0.1, 0.15) is 4.88 Å². The Kier molecular flexibility index (Phi) is 5.87. The molecule has 0 aromatic carbocycles. The van der Waals surface area contributed by atoms with Crippen LogP contribution in [0, 0.1) is 5.41 Å². The predicted octanol–water partition coefficient (Wildman–Crippen LogP) is 1.94. The van der Waals surface area contributed by atoms with Gasteiger partial charge in [-0.2, -0.15) is 0 Å². The number of aryl methyl sites for hydroxylation is 1. The van der Waals surface area contributed by atoms with E-state index in [2.05, 4.69) is 30.4 Å². The first-order valence-electron chi connectivity index (χ1n) is 6.75. The first-order valence-corrected chi connectivity index (χ1v) is 7.53. The van der Waals surface area contributed by atoms with Crippen LogP contribution in [0.2, 0.25) is 0 Å². The van der Waals surface area contributed by atoms with Gasteiger partial charge in [0, 0.05) is 13.1 Å². The molecular formula is C13H24N4OS. The van der Waals surface area contributed by atoms with E-state index in [1.165, 1.54) is 11.5 Å². The van der Waals surface area contributed by atoms with E-state index in [0.29, 0.717) is 24.5 Å². The highest BCUT2D eigenvalue weighted by Gasteiger charge is 2.26. The van der Waals surface area contributed by atoms with E-state index in [1.807, 2.05) is 11.8 Å². The van der Waals surface area contributed by atoms with Crippen LogP contribution < -0.4 is 5.73 Å². The lowest BCUT2D eigenvalue weighted by molar-refractivity contribution is 0.0704. The van der Waals surface area contributed by atoms with Crippen LogP contribution in [-0.4, -0.2) is 40.0 Å². The molecule has 1 aromatic heterocycles. The summed E-state index contributed by atoms with van der Waals surface area (Å²) in [6, 6.07) is 0. The van der Waals surface area contributed by atoms with Crippen molar-refractivity contribution in [3.05, 3.63) is 10.6 Å². The molecule has 0 atom stereocenters. The van der Waals surface area contributed by atoms with Crippen LogP contribution >= 0.6 is 11.5 Å². The van der Waals surface area contributed by atoms with Crippen LogP contribution in [-0.2, 0) is 6.42 Å². The maximum atomic E-state index is 12.5. The van der Waals surface area contributed by atoms with Gasteiger partial charge in [-0.3, -0.25) is 4.79 Å². The lowest BCUT2D eigenvalue weighted by Gasteiger charge is -2.30. The van der Waals surface area contributed by atoms with Gasteiger partial charge in [-0.05, 0) is 36.8 Å².